The number of hydrogen-bond donors (Lipinski definition) is 0. The van der Waals surface area contributed by atoms with E-state index in [9.17, 15) is 13.2 Å². The van der Waals surface area contributed by atoms with Crippen molar-refractivity contribution in [2.24, 2.45) is 0 Å². The highest BCUT2D eigenvalue weighted by molar-refractivity contribution is 8.00. The van der Waals surface area contributed by atoms with Crippen LogP contribution in [0.15, 0.2) is 23.1 Å². The molecule has 1 fully saturated rings. The van der Waals surface area contributed by atoms with Crippen molar-refractivity contribution in [3.8, 4) is 0 Å². The summed E-state index contributed by atoms with van der Waals surface area (Å²) in [5.41, 5.74) is 0. The van der Waals surface area contributed by atoms with Crippen LogP contribution >= 0.6 is 35.0 Å². The fourth-order valence-electron chi connectivity index (χ4n) is 2.55. The zero-order valence-electron chi connectivity index (χ0n) is 14.2. The lowest BCUT2D eigenvalue weighted by Gasteiger charge is -2.35. The molecule has 2 rings (SSSR count). The van der Waals surface area contributed by atoms with Gasteiger partial charge in [-0.2, -0.15) is 0 Å². The van der Waals surface area contributed by atoms with Crippen molar-refractivity contribution in [2.45, 2.75) is 17.1 Å². The first-order chi connectivity index (χ1) is 11.7. The van der Waals surface area contributed by atoms with Gasteiger partial charge in [-0.15, -0.1) is 11.8 Å². The quantitative estimate of drug-likeness (QED) is 0.656. The van der Waals surface area contributed by atoms with E-state index in [1.165, 1.54) is 18.0 Å². The first kappa shape index (κ1) is 20.8. The van der Waals surface area contributed by atoms with Crippen LogP contribution in [0.5, 0.6) is 0 Å². The summed E-state index contributed by atoms with van der Waals surface area (Å²) in [4.78, 5) is 17.3. The second-order valence-electron chi connectivity index (χ2n) is 6.13. The largest absolute Gasteiger partial charge is 0.339 e. The molecule has 1 saturated heterocycles. The van der Waals surface area contributed by atoms with E-state index in [0.717, 1.165) is 4.90 Å². The molecule has 0 aromatic heterocycles. The van der Waals surface area contributed by atoms with Crippen molar-refractivity contribution in [3.05, 3.63) is 28.2 Å². The SMILES string of the molecule is CC(Sc1cc(Cl)ccc1Cl)C(=O)N1CCN(CCS(C)(=O)=O)CC1. The molecule has 1 aromatic rings. The fraction of sp³-hybridized carbons (Fsp3) is 0.562. The van der Waals surface area contributed by atoms with Crippen molar-refractivity contribution in [1.29, 1.82) is 0 Å². The number of sulfone groups is 1. The van der Waals surface area contributed by atoms with Crippen LogP contribution in [-0.2, 0) is 14.6 Å². The van der Waals surface area contributed by atoms with E-state index in [0.29, 0.717) is 42.8 Å². The third-order valence-corrected chi connectivity index (χ3v) is 6.75. The molecular weight excluding hydrogens is 403 g/mol. The van der Waals surface area contributed by atoms with Crippen LogP contribution in [0.25, 0.3) is 0 Å². The Bertz CT molecular complexity index is 720. The molecular formula is C16H22Cl2N2O3S2. The first-order valence-corrected chi connectivity index (χ1v) is 11.7. The van der Waals surface area contributed by atoms with Gasteiger partial charge in [0.15, 0.2) is 0 Å². The van der Waals surface area contributed by atoms with Gasteiger partial charge < -0.3 is 4.90 Å². The molecule has 1 amide bonds. The summed E-state index contributed by atoms with van der Waals surface area (Å²) in [7, 11) is -2.96. The molecule has 1 heterocycles. The Morgan fingerprint density at radius 2 is 1.88 bits per heavy atom. The molecule has 1 aliphatic rings. The number of rotatable bonds is 6. The van der Waals surface area contributed by atoms with Crippen LogP contribution in [0.2, 0.25) is 10.0 Å². The normalized spacial score (nSPS) is 17.5. The van der Waals surface area contributed by atoms with Gasteiger partial charge in [0.05, 0.1) is 16.0 Å². The summed E-state index contributed by atoms with van der Waals surface area (Å²) >= 11 is 13.6. The molecule has 5 nitrogen and oxygen atoms in total. The van der Waals surface area contributed by atoms with Gasteiger partial charge in [-0.05, 0) is 25.1 Å². The molecule has 0 saturated carbocycles. The molecule has 0 bridgehead atoms. The predicted molar refractivity (Wildman–Crippen MR) is 105 cm³/mol. The highest BCUT2D eigenvalue weighted by atomic mass is 35.5. The molecule has 0 N–H and O–H groups in total. The number of halogens is 2. The van der Waals surface area contributed by atoms with E-state index in [1.54, 1.807) is 18.2 Å². The lowest BCUT2D eigenvalue weighted by molar-refractivity contribution is -0.132. The number of carbonyl (C=O) groups excluding carboxylic acids is 1. The Morgan fingerprint density at radius 3 is 2.48 bits per heavy atom. The van der Waals surface area contributed by atoms with Crippen LogP contribution < -0.4 is 0 Å². The summed E-state index contributed by atoms with van der Waals surface area (Å²) in [5, 5.41) is 0.907. The fourth-order valence-corrected chi connectivity index (χ4v) is 4.64. The van der Waals surface area contributed by atoms with Gasteiger partial charge in [0.25, 0.3) is 0 Å². The van der Waals surface area contributed by atoms with E-state index in [1.807, 2.05) is 11.8 Å². The Hall–Kier alpha value is -0.470. The topological polar surface area (TPSA) is 57.7 Å². The van der Waals surface area contributed by atoms with Gasteiger partial charge in [-0.1, -0.05) is 23.2 Å². The van der Waals surface area contributed by atoms with Gasteiger partial charge in [-0.3, -0.25) is 9.69 Å². The Kier molecular flexibility index (Phi) is 7.46. The maximum atomic E-state index is 12.6. The minimum atomic E-state index is -2.96. The van der Waals surface area contributed by atoms with Crippen LogP contribution in [-0.4, -0.2) is 74.1 Å². The third kappa shape index (κ3) is 6.64. The molecule has 1 atom stereocenters. The standard InChI is InChI=1S/C16H22Cl2N2O3S2/c1-12(24-15-11-13(17)3-4-14(15)18)16(21)20-7-5-19(6-8-20)9-10-25(2,22)23/h3-4,11-12H,5-10H2,1-2H3. The number of piperazine rings is 1. The average molecular weight is 425 g/mol. The number of hydrogen-bond acceptors (Lipinski definition) is 5. The minimum Gasteiger partial charge on any atom is -0.339 e. The summed E-state index contributed by atoms with van der Waals surface area (Å²) in [6.45, 7) is 4.98. The van der Waals surface area contributed by atoms with Crippen LogP contribution in [0.4, 0.5) is 0 Å². The van der Waals surface area contributed by atoms with Crippen molar-refractivity contribution < 1.29 is 13.2 Å². The molecule has 140 valence electrons. The van der Waals surface area contributed by atoms with E-state index < -0.39 is 9.84 Å². The molecule has 9 heteroatoms. The summed E-state index contributed by atoms with van der Waals surface area (Å²) in [5.74, 6) is 0.212. The van der Waals surface area contributed by atoms with Gasteiger partial charge >= 0.3 is 0 Å². The summed E-state index contributed by atoms with van der Waals surface area (Å²) in [6, 6.07) is 5.21. The van der Waals surface area contributed by atoms with Crippen molar-refractivity contribution in [1.82, 2.24) is 9.80 Å². The number of nitrogens with zero attached hydrogens (tertiary/aromatic N) is 2. The van der Waals surface area contributed by atoms with E-state index in [-0.39, 0.29) is 16.9 Å². The van der Waals surface area contributed by atoms with Crippen LogP contribution in [0.3, 0.4) is 0 Å². The minimum absolute atomic E-state index is 0.0591. The monoisotopic (exact) mass is 424 g/mol. The highest BCUT2D eigenvalue weighted by Crippen LogP contribution is 2.33. The van der Waals surface area contributed by atoms with Crippen LogP contribution in [0, 0.1) is 0 Å². The van der Waals surface area contributed by atoms with Gasteiger partial charge in [0.1, 0.15) is 9.84 Å². The highest BCUT2D eigenvalue weighted by Gasteiger charge is 2.26. The number of amides is 1. The van der Waals surface area contributed by atoms with Gasteiger partial charge in [0, 0.05) is 48.9 Å². The smallest absolute Gasteiger partial charge is 0.235 e. The molecule has 25 heavy (non-hydrogen) atoms. The van der Waals surface area contributed by atoms with E-state index >= 15 is 0 Å². The second-order valence-corrected chi connectivity index (χ2v) is 10.6. The Labute approximate surface area is 163 Å². The van der Waals surface area contributed by atoms with E-state index in [2.05, 4.69) is 4.90 Å². The third-order valence-electron chi connectivity index (χ3n) is 4.01. The molecule has 1 aliphatic heterocycles. The molecule has 1 aromatic carbocycles. The maximum Gasteiger partial charge on any atom is 0.235 e. The van der Waals surface area contributed by atoms with Crippen molar-refractivity contribution in [2.75, 3.05) is 44.7 Å². The molecule has 0 aliphatic carbocycles. The maximum absolute atomic E-state index is 12.6. The van der Waals surface area contributed by atoms with Gasteiger partial charge in [0.2, 0.25) is 5.91 Å². The van der Waals surface area contributed by atoms with E-state index in [4.69, 9.17) is 23.2 Å². The molecule has 1 unspecified atom stereocenters. The van der Waals surface area contributed by atoms with Crippen molar-refractivity contribution in [3.63, 3.8) is 0 Å². The molecule has 0 radical (unpaired) electrons. The first-order valence-electron chi connectivity index (χ1n) is 7.96. The lowest BCUT2D eigenvalue weighted by atomic mass is 10.3. The Balaban J connectivity index is 1.86. The number of benzene rings is 1. The summed E-state index contributed by atoms with van der Waals surface area (Å²) in [6.07, 6.45) is 1.24. The molecule has 0 spiro atoms. The number of carbonyl (C=O) groups is 1. The van der Waals surface area contributed by atoms with Crippen molar-refractivity contribution >= 4 is 50.7 Å². The lowest BCUT2D eigenvalue weighted by Crippen LogP contribution is -2.51. The average Bonchev–Trinajstić information content (AvgIpc) is 2.55. The second kappa shape index (κ2) is 8.95. The zero-order valence-corrected chi connectivity index (χ0v) is 17.4. The van der Waals surface area contributed by atoms with Crippen LogP contribution in [0.1, 0.15) is 6.92 Å². The number of thioether (sulfide) groups is 1. The summed E-state index contributed by atoms with van der Waals surface area (Å²) < 4.78 is 22.5. The Morgan fingerprint density at radius 1 is 1.24 bits per heavy atom. The zero-order chi connectivity index (χ0) is 18.6. The predicted octanol–water partition coefficient (Wildman–Crippen LogP) is 2.66. The van der Waals surface area contributed by atoms with Gasteiger partial charge in [-0.25, -0.2) is 8.42 Å².